The second kappa shape index (κ2) is 5.82. The van der Waals surface area contributed by atoms with Crippen LogP contribution in [0.4, 0.5) is 11.4 Å². The molecule has 0 atom stereocenters. The van der Waals surface area contributed by atoms with E-state index in [1.165, 1.54) is 12.1 Å². The van der Waals surface area contributed by atoms with Crippen LogP contribution in [0.2, 0.25) is 0 Å². The molecule has 0 aliphatic rings. The molecule has 6 nitrogen and oxygen atoms in total. The van der Waals surface area contributed by atoms with Gasteiger partial charge in [-0.2, -0.15) is 0 Å². The molecule has 2 aromatic carbocycles. The summed E-state index contributed by atoms with van der Waals surface area (Å²) in [4.78, 5) is 9.94. The fraction of sp³-hybridized carbons (Fsp3) is 0.0769. The third kappa shape index (κ3) is 3.59. The van der Waals surface area contributed by atoms with E-state index < -0.39 is 14.9 Å². The number of halogens is 1. The van der Waals surface area contributed by atoms with Crippen molar-refractivity contribution < 1.29 is 13.3 Å². The number of hydrogen-bond acceptors (Lipinski definition) is 4. The van der Waals surface area contributed by atoms with E-state index in [4.69, 9.17) is 0 Å². The molecule has 0 aromatic heterocycles. The molecule has 0 radical (unpaired) electrons. The lowest BCUT2D eigenvalue weighted by Crippen LogP contribution is -2.13. The molecule has 1 N–H and O–H groups in total. The number of rotatable bonds is 4. The highest BCUT2D eigenvalue weighted by molar-refractivity contribution is 9.10. The number of nitro groups is 1. The number of nitrogens with zero attached hydrogens (tertiary/aromatic N) is 1. The van der Waals surface area contributed by atoms with Crippen LogP contribution in [-0.4, -0.2) is 13.3 Å². The van der Waals surface area contributed by atoms with Crippen molar-refractivity contribution in [1.82, 2.24) is 0 Å². The van der Waals surface area contributed by atoms with Gasteiger partial charge in [0.25, 0.3) is 15.7 Å². The van der Waals surface area contributed by atoms with Crippen molar-refractivity contribution in [2.45, 2.75) is 11.8 Å². The molecule has 0 unspecified atom stereocenters. The van der Waals surface area contributed by atoms with Gasteiger partial charge < -0.3 is 0 Å². The van der Waals surface area contributed by atoms with Crippen LogP contribution < -0.4 is 4.72 Å². The Balaban J connectivity index is 2.29. The summed E-state index contributed by atoms with van der Waals surface area (Å²) in [5.74, 6) is 0. The standard InChI is InChI=1S/C13H11BrN2O4S/c1-9-2-3-10(8-13(9)14)15-21(19,20)12-6-4-11(5-7-12)16(17)18/h2-8,15H,1H3. The van der Waals surface area contributed by atoms with Gasteiger partial charge in [0.05, 0.1) is 9.82 Å². The van der Waals surface area contributed by atoms with Crippen molar-refractivity contribution in [3.8, 4) is 0 Å². The molecule has 0 saturated heterocycles. The number of anilines is 1. The summed E-state index contributed by atoms with van der Waals surface area (Å²) in [7, 11) is -3.78. The Hall–Kier alpha value is -1.93. The summed E-state index contributed by atoms with van der Waals surface area (Å²) < 4.78 is 27.6. The van der Waals surface area contributed by atoms with Gasteiger partial charge in [-0.3, -0.25) is 14.8 Å². The van der Waals surface area contributed by atoms with E-state index in [-0.39, 0.29) is 10.6 Å². The Bertz CT molecular complexity index is 788. The Morgan fingerprint density at radius 2 is 1.76 bits per heavy atom. The van der Waals surface area contributed by atoms with E-state index in [1.54, 1.807) is 18.2 Å². The summed E-state index contributed by atoms with van der Waals surface area (Å²) in [6.45, 7) is 1.89. The molecule has 0 aliphatic heterocycles. The predicted molar refractivity (Wildman–Crippen MR) is 82.8 cm³/mol. The number of nitro benzene ring substituents is 1. The minimum absolute atomic E-state index is 0.0372. The van der Waals surface area contributed by atoms with Gasteiger partial charge in [-0.25, -0.2) is 8.42 Å². The fourth-order valence-electron chi connectivity index (χ4n) is 1.62. The van der Waals surface area contributed by atoms with E-state index >= 15 is 0 Å². The van der Waals surface area contributed by atoms with Crippen LogP contribution in [0.5, 0.6) is 0 Å². The zero-order valence-electron chi connectivity index (χ0n) is 10.9. The maximum absolute atomic E-state index is 12.2. The molecule has 0 saturated carbocycles. The second-order valence-electron chi connectivity index (χ2n) is 4.32. The minimum atomic E-state index is -3.78. The van der Waals surface area contributed by atoms with Crippen molar-refractivity contribution >= 4 is 37.3 Å². The number of nitrogens with one attached hydrogen (secondary N) is 1. The minimum Gasteiger partial charge on any atom is -0.280 e. The summed E-state index contributed by atoms with van der Waals surface area (Å²) in [6, 6.07) is 9.77. The van der Waals surface area contributed by atoms with Gasteiger partial charge in [0.2, 0.25) is 0 Å². The number of aryl methyl sites for hydroxylation is 1. The molecular formula is C13H11BrN2O4S. The molecule has 21 heavy (non-hydrogen) atoms. The first-order valence-corrected chi connectivity index (χ1v) is 8.10. The topological polar surface area (TPSA) is 89.3 Å². The van der Waals surface area contributed by atoms with Crippen molar-refractivity contribution in [3.05, 3.63) is 62.6 Å². The lowest BCUT2D eigenvalue weighted by atomic mass is 10.2. The van der Waals surface area contributed by atoms with Crippen LogP contribution in [0, 0.1) is 17.0 Å². The van der Waals surface area contributed by atoms with Gasteiger partial charge >= 0.3 is 0 Å². The SMILES string of the molecule is Cc1ccc(NS(=O)(=O)c2ccc([N+](=O)[O-])cc2)cc1Br. The maximum atomic E-state index is 12.2. The van der Waals surface area contributed by atoms with E-state index in [2.05, 4.69) is 20.7 Å². The second-order valence-corrected chi connectivity index (χ2v) is 6.86. The molecule has 0 fully saturated rings. The molecule has 2 rings (SSSR count). The molecule has 2 aromatic rings. The Morgan fingerprint density at radius 3 is 2.29 bits per heavy atom. The predicted octanol–water partition coefficient (Wildman–Crippen LogP) is 3.47. The quantitative estimate of drug-likeness (QED) is 0.658. The monoisotopic (exact) mass is 370 g/mol. The molecule has 0 aliphatic carbocycles. The van der Waals surface area contributed by atoms with Gasteiger partial charge in [0, 0.05) is 22.3 Å². The van der Waals surface area contributed by atoms with Crippen LogP contribution in [-0.2, 0) is 10.0 Å². The lowest BCUT2D eigenvalue weighted by Gasteiger charge is -2.09. The molecule has 0 amide bonds. The Labute approximate surface area is 130 Å². The first-order valence-electron chi connectivity index (χ1n) is 5.83. The highest BCUT2D eigenvalue weighted by Crippen LogP contribution is 2.23. The normalized spacial score (nSPS) is 11.1. The van der Waals surface area contributed by atoms with Crippen LogP contribution in [0.25, 0.3) is 0 Å². The fourth-order valence-corrected chi connectivity index (χ4v) is 3.05. The largest absolute Gasteiger partial charge is 0.280 e. The van der Waals surface area contributed by atoms with Crippen molar-refractivity contribution in [2.75, 3.05) is 4.72 Å². The van der Waals surface area contributed by atoms with Crippen LogP contribution in [0.15, 0.2) is 51.8 Å². The van der Waals surface area contributed by atoms with Crippen molar-refractivity contribution in [3.63, 3.8) is 0 Å². The molecule has 110 valence electrons. The summed E-state index contributed by atoms with van der Waals surface area (Å²) >= 11 is 3.33. The first-order chi connectivity index (χ1) is 9.79. The molecular weight excluding hydrogens is 360 g/mol. The maximum Gasteiger partial charge on any atom is 0.269 e. The molecule has 0 spiro atoms. The average Bonchev–Trinajstić information content (AvgIpc) is 2.43. The molecule has 8 heteroatoms. The van der Waals surface area contributed by atoms with Gasteiger partial charge in [0.15, 0.2) is 0 Å². The third-order valence-electron chi connectivity index (χ3n) is 2.78. The number of non-ortho nitro benzene ring substituents is 1. The zero-order chi connectivity index (χ0) is 15.6. The smallest absolute Gasteiger partial charge is 0.269 e. The summed E-state index contributed by atoms with van der Waals surface area (Å²) in [5, 5.41) is 10.6. The highest BCUT2D eigenvalue weighted by atomic mass is 79.9. The zero-order valence-corrected chi connectivity index (χ0v) is 13.3. The van der Waals surface area contributed by atoms with Gasteiger partial charge in [0.1, 0.15) is 0 Å². The number of sulfonamides is 1. The Morgan fingerprint density at radius 1 is 1.14 bits per heavy atom. The lowest BCUT2D eigenvalue weighted by molar-refractivity contribution is -0.384. The summed E-state index contributed by atoms with van der Waals surface area (Å²) in [5.41, 5.74) is 1.23. The summed E-state index contributed by atoms with van der Waals surface area (Å²) in [6.07, 6.45) is 0. The number of hydrogen-bond donors (Lipinski definition) is 1. The van der Waals surface area contributed by atoms with E-state index in [1.807, 2.05) is 6.92 Å². The van der Waals surface area contributed by atoms with Crippen LogP contribution in [0.1, 0.15) is 5.56 Å². The first kappa shape index (κ1) is 15.5. The Kier molecular flexibility index (Phi) is 4.29. The van der Waals surface area contributed by atoms with E-state index in [0.717, 1.165) is 22.2 Å². The van der Waals surface area contributed by atoms with Gasteiger partial charge in [-0.1, -0.05) is 22.0 Å². The van der Waals surface area contributed by atoms with Crippen molar-refractivity contribution in [2.24, 2.45) is 0 Å². The van der Waals surface area contributed by atoms with Gasteiger partial charge in [-0.15, -0.1) is 0 Å². The third-order valence-corrected chi connectivity index (χ3v) is 5.03. The average molecular weight is 371 g/mol. The highest BCUT2D eigenvalue weighted by Gasteiger charge is 2.16. The number of benzene rings is 2. The van der Waals surface area contributed by atoms with Crippen LogP contribution >= 0.6 is 15.9 Å². The van der Waals surface area contributed by atoms with E-state index in [0.29, 0.717) is 5.69 Å². The van der Waals surface area contributed by atoms with Crippen LogP contribution in [0.3, 0.4) is 0 Å². The molecule has 0 heterocycles. The van der Waals surface area contributed by atoms with Crippen molar-refractivity contribution in [1.29, 1.82) is 0 Å². The van der Waals surface area contributed by atoms with E-state index in [9.17, 15) is 18.5 Å². The van der Waals surface area contributed by atoms with Gasteiger partial charge in [-0.05, 0) is 36.8 Å². The molecule has 0 bridgehead atoms.